The molecule has 1 fully saturated rings. The molecule has 0 radical (unpaired) electrons. The van der Waals surface area contributed by atoms with Crippen LogP contribution in [0.2, 0.25) is 0 Å². The molecule has 3 rings (SSSR count). The number of piperazine rings is 1. The van der Waals surface area contributed by atoms with Gasteiger partial charge in [0.2, 0.25) is 11.1 Å². The molecule has 1 aliphatic rings. The first-order valence-corrected chi connectivity index (χ1v) is 8.89. The van der Waals surface area contributed by atoms with Crippen LogP contribution in [0.1, 0.15) is 11.5 Å². The fourth-order valence-corrected chi connectivity index (χ4v) is 3.51. The minimum Gasteiger partial charge on any atom is -0.338 e. The topological polar surface area (TPSA) is 89.0 Å². The van der Waals surface area contributed by atoms with Gasteiger partial charge in [0.15, 0.2) is 0 Å². The lowest BCUT2D eigenvalue weighted by Crippen LogP contribution is -2.45. The lowest BCUT2D eigenvalue weighted by atomic mass is 10.3. The van der Waals surface area contributed by atoms with Crippen molar-refractivity contribution in [2.24, 2.45) is 0 Å². The number of hydrogen-bond donors (Lipinski definition) is 1. The summed E-state index contributed by atoms with van der Waals surface area (Å²) >= 11 is 4.95. The summed E-state index contributed by atoms with van der Waals surface area (Å²) in [6.07, 6.45) is 0. The molecule has 1 saturated heterocycles. The number of nitrogens with two attached hydrogens (primary N) is 1. The van der Waals surface area contributed by atoms with Gasteiger partial charge in [-0.3, -0.25) is 0 Å². The van der Waals surface area contributed by atoms with Gasteiger partial charge in [-0.05, 0) is 48.6 Å². The van der Waals surface area contributed by atoms with E-state index in [4.69, 9.17) is 10.8 Å². The van der Waals surface area contributed by atoms with E-state index in [0.717, 1.165) is 47.3 Å². The predicted molar refractivity (Wildman–Crippen MR) is 93.2 cm³/mol. The van der Waals surface area contributed by atoms with Gasteiger partial charge >= 0.3 is 0 Å². The number of halogens is 1. The van der Waals surface area contributed by atoms with Crippen molar-refractivity contribution in [3.8, 4) is 0 Å². The molecule has 2 aromatic heterocycles. The van der Waals surface area contributed by atoms with Crippen LogP contribution < -0.4 is 10.7 Å². The lowest BCUT2D eigenvalue weighted by molar-refractivity contribution is 0.311. The first-order valence-electron chi connectivity index (χ1n) is 7.28. The highest BCUT2D eigenvalue weighted by Crippen LogP contribution is 2.33. The molecule has 0 spiro atoms. The van der Waals surface area contributed by atoms with Gasteiger partial charge in [-0.2, -0.15) is 0 Å². The second-order valence-corrected chi connectivity index (χ2v) is 7.27. The molecule has 0 bridgehead atoms. The number of rotatable bonds is 3. The van der Waals surface area contributed by atoms with Crippen LogP contribution in [0.15, 0.2) is 14.7 Å². The van der Waals surface area contributed by atoms with Crippen molar-refractivity contribution in [3.05, 3.63) is 16.0 Å². The average molecular weight is 399 g/mol. The largest absolute Gasteiger partial charge is 0.338 e. The molecule has 0 amide bonds. The van der Waals surface area contributed by atoms with Gasteiger partial charge in [-0.1, -0.05) is 0 Å². The number of hydrogen-bond acceptors (Lipinski definition) is 8. The van der Waals surface area contributed by atoms with Crippen LogP contribution in [-0.2, 0) is 0 Å². The molecule has 0 aromatic carbocycles. The molecule has 1 aliphatic heterocycles. The minimum absolute atomic E-state index is 0.602. The molecule has 3 heterocycles. The highest BCUT2D eigenvalue weighted by Gasteiger charge is 2.20. The molecule has 0 saturated carbocycles. The van der Waals surface area contributed by atoms with Crippen LogP contribution in [0.5, 0.6) is 0 Å². The van der Waals surface area contributed by atoms with Crippen LogP contribution in [0.25, 0.3) is 0 Å². The smallest absolute Gasteiger partial charge is 0.226 e. The number of anilines is 1. The summed E-state index contributed by atoms with van der Waals surface area (Å²) < 4.78 is 2.32. The molecule has 0 atom stereocenters. The zero-order chi connectivity index (χ0) is 16.6. The molecule has 2 aromatic rings. The van der Waals surface area contributed by atoms with E-state index < -0.39 is 0 Å². The van der Waals surface area contributed by atoms with E-state index in [-0.39, 0.29) is 0 Å². The van der Waals surface area contributed by atoms with Crippen LogP contribution in [0, 0.1) is 13.8 Å². The van der Waals surface area contributed by atoms with Gasteiger partial charge in [-0.25, -0.2) is 14.6 Å². The van der Waals surface area contributed by atoms with Gasteiger partial charge in [0, 0.05) is 26.2 Å². The summed E-state index contributed by atoms with van der Waals surface area (Å²) in [4.78, 5) is 13.8. The van der Waals surface area contributed by atoms with Gasteiger partial charge in [0.25, 0.3) is 0 Å². The van der Waals surface area contributed by atoms with Crippen molar-refractivity contribution in [3.63, 3.8) is 0 Å². The highest BCUT2D eigenvalue weighted by molar-refractivity contribution is 9.10. The van der Waals surface area contributed by atoms with Crippen molar-refractivity contribution in [2.45, 2.75) is 24.0 Å². The third kappa shape index (κ3) is 3.43. The Morgan fingerprint density at radius 1 is 1.09 bits per heavy atom. The van der Waals surface area contributed by atoms with Gasteiger partial charge in [-0.15, -0.1) is 10.2 Å². The Morgan fingerprint density at radius 2 is 1.78 bits per heavy atom. The molecule has 23 heavy (non-hydrogen) atoms. The lowest BCUT2D eigenvalue weighted by Gasteiger charge is -2.32. The second-order valence-electron chi connectivity index (χ2n) is 5.52. The molecular weight excluding hydrogens is 380 g/mol. The second kappa shape index (κ2) is 6.62. The van der Waals surface area contributed by atoms with E-state index in [2.05, 4.69) is 48.0 Å². The summed E-state index contributed by atoms with van der Waals surface area (Å²) in [5.74, 6) is 7.34. The van der Waals surface area contributed by atoms with Crippen LogP contribution in [-0.4, -0.2) is 63.0 Å². The van der Waals surface area contributed by atoms with Crippen molar-refractivity contribution in [1.82, 2.24) is 29.7 Å². The minimum atomic E-state index is 0.602. The molecule has 8 nitrogen and oxygen atoms in total. The van der Waals surface area contributed by atoms with E-state index in [1.807, 2.05) is 13.8 Å². The van der Waals surface area contributed by atoms with Gasteiger partial charge in [0.05, 0.1) is 10.2 Å². The highest BCUT2D eigenvalue weighted by atomic mass is 79.9. The molecule has 0 unspecified atom stereocenters. The fourth-order valence-electron chi connectivity index (χ4n) is 2.24. The number of nitrogens with zero attached hydrogens (tertiary/aromatic N) is 7. The van der Waals surface area contributed by atoms with Crippen molar-refractivity contribution >= 4 is 33.6 Å². The van der Waals surface area contributed by atoms with Crippen molar-refractivity contribution < 1.29 is 0 Å². The maximum absolute atomic E-state index is 5.93. The Balaban J connectivity index is 1.89. The summed E-state index contributed by atoms with van der Waals surface area (Å²) in [6, 6.07) is 0. The van der Waals surface area contributed by atoms with Crippen LogP contribution in [0.4, 0.5) is 5.95 Å². The molecule has 0 aliphatic carbocycles. The van der Waals surface area contributed by atoms with E-state index in [1.165, 1.54) is 16.4 Å². The fraction of sp³-hybridized carbons (Fsp3) is 0.538. The van der Waals surface area contributed by atoms with Gasteiger partial charge in [0.1, 0.15) is 10.9 Å². The average Bonchev–Trinajstić information content (AvgIpc) is 2.84. The maximum atomic E-state index is 5.93. The Kier molecular flexibility index (Phi) is 4.74. The van der Waals surface area contributed by atoms with Crippen molar-refractivity contribution in [2.75, 3.05) is 44.0 Å². The third-order valence-electron chi connectivity index (χ3n) is 3.78. The zero-order valence-corrected chi connectivity index (χ0v) is 15.7. The SMILES string of the molecule is Cc1nc(N2CCN(C)CC2)nc(Sc2nnc(C)n2N)c1Br. The Bertz CT molecular complexity index is 710. The first-order chi connectivity index (χ1) is 11.0. The summed E-state index contributed by atoms with van der Waals surface area (Å²) in [5.41, 5.74) is 0.899. The van der Waals surface area contributed by atoms with E-state index in [0.29, 0.717) is 11.0 Å². The third-order valence-corrected chi connectivity index (χ3v) is 5.95. The molecule has 124 valence electrons. The Labute approximate surface area is 147 Å². The predicted octanol–water partition coefficient (Wildman–Crippen LogP) is 1.06. The first kappa shape index (κ1) is 16.5. The number of aryl methyl sites for hydroxylation is 2. The Hall–Kier alpha value is -1.39. The number of likely N-dealkylation sites (N-methyl/N-ethyl adjacent to an activating group) is 1. The van der Waals surface area contributed by atoms with E-state index >= 15 is 0 Å². The zero-order valence-electron chi connectivity index (χ0n) is 13.3. The maximum Gasteiger partial charge on any atom is 0.226 e. The summed E-state index contributed by atoms with van der Waals surface area (Å²) in [7, 11) is 2.13. The molecular formula is C13H19BrN8S. The quantitative estimate of drug-likeness (QED) is 0.606. The van der Waals surface area contributed by atoms with Crippen LogP contribution >= 0.6 is 27.7 Å². The summed E-state index contributed by atoms with van der Waals surface area (Å²) in [5, 5.41) is 9.46. The van der Waals surface area contributed by atoms with Crippen LogP contribution in [0.3, 0.4) is 0 Å². The number of aromatic nitrogens is 5. The van der Waals surface area contributed by atoms with Crippen molar-refractivity contribution in [1.29, 1.82) is 0 Å². The van der Waals surface area contributed by atoms with Gasteiger partial charge < -0.3 is 15.6 Å². The van der Waals surface area contributed by atoms with E-state index in [1.54, 1.807) is 0 Å². The molecule has 10 heteroatoms. The van der Waals surface area contributed by atoms with E-state index in [9.17, 15) is 0 Å². The standard InChI is InChI=1S/C13H19BrN8S/c1-8-10(14)11(23-13-19-18-9(2)22(13)15)17-12(16-8)21-6-4-20(3)5-7-21/h4-7,15H2,1-3H3. The Morgan fingerprint density at radius 3 is 2.39 bits per heavy atom. The number of nitrogen functional groups attached to an aromatic ring is 1. The monoisotopic (exact) mass is 398 g/mol. The summed E-state index contributed by atoms with van der Waals surface area (Å²) in [6.45, 7) is 7.65. The molecule has 2 N–H and O–H groups in total. The normalized spacial score (nSPS) is 16.1.